The molecule has 1 atom stereocenters. The number of ether oxygens (including phenoxy) is 1. The van der Waals surface area contributed by atoms with Crippen LogP contribution in [0.25, 0.3) is 0 Å². The second-order valence-corrected chi connectivity index (χ2v) is 6.44. The fourth-order valence-corrected chi connectivity index (χ4v) is 3.55. The molecular weight excluding hydrogens is 326 g/mol. The van der Waals surface area contributed by atoms with Crippen molar-refractivity contribution in [3.63, 3.8) is 0 Å². The quantitative estimate of drug-likeness (QED) is 0.876. The maximum Gasteiger partial charge on any atom is 0.0851 e. The first-order valence-corrected chi connectivity index (χ1v) is 7.72. The van der Waals surface area contributed by atoms with E-state index in [1.165, 1.54) is 9.75 Å². The predicted octanol–water partition coefficient (Wildman–Crippen LogP) is 2.97. The summed E-state index contributed by atoms with van der Waals surface area (Å²) in [7, 11) is 3.68. The highest BCUT2D eigenvalue weighted by Gasteiger charge is 2.21. The highest BCUT2D eigenvalue weighted by Crippen LogP contribution is 2.32. The topological polar surface area (TPSA) is 39.1 Å². The van der Waals surface area contributed by atoms with Gasteiger partial charge in [-0.1, -0.05) is 0 Å². The number of aromatic nitrogens is 2. The molecule has 0 bridgehead atoms. The summed E-state index contributed by atoms with van der Waals surface area (Å²) >= 11 is 5.40. The molecule has 0 saturated heterocycles. The molecule has 0 spiro atoms. The lowest BCUT2D eigenvalue weighted by Crippen LogP contribution is -2.22. The Morgan fingerprint density at radius 3 is 2.89 bits per heavy atom. The van der Waals surface area contributed by atoms with Crippen LogP contribution in [0.4, 0.5) is 0 Å². The molecule has 0 aliphatic rings. The molecule has 4 nitrogen and oxygen atoms in total. The first kappa shape index (κ1) is 14.7. The van der Waals surface area contributed by atoms with Crippen LogP contribution in [0.1, 0.15) is 21.5 Å². The Morgan fingerprint density at radius 2 is 2.32 bits per heavy atom. The summed E-state index contributed by atoms with van der Waals surface area (Å²) in [5.41, 5.74) is 1.14. The lowest BCUT2D eigenvalue weighted by Gasteiger charge is -2.17. The zero-order valence-corrected chi connectivity index (χ0v) is 13.7. The molecule has 2 aromatic rings. The largest absolute Gasteiger partial charge is 0.383 e. The Balaban J connectivity index is 2.34. The third kappa shape index (κ3) is 3.25. The van der Waals surface area contributed by atoms with Crippen molar-refractivity contribution < 1.29 is 4.74 Å². The van der Waals surface area contributed by atoms with E-state index < -0.39 is 0 Å². The van der Waals surface area contributed by atoms with Crippen molar-refractivity contribution in [1.29, 1.82) is 0 Å². The van der Waals surface area contributed by atoms with E-state index in [1.54, 1.807) is 18.4 Å². The Kier molecular flexibility index (Phi) is 5.15. The van der Waals surface area contributed by atoms with Gasteiger partial charge in [-0.25, -0.2) is 0 Å². The molecule has 2 aromatic heterocycles. The highest BCUT2D eigenvalue weighted by molar-refractivity contribution is 9.10. The molecule has 0 fully saturated rings. The average molecular weight is 344 g/mol. The first-order chi connectivity index (χ1) is 9.17. The number of thiophene rings is 1. The van der Waals surface area contributed by atoms with E-state index in [0.717, 1.165) is 16.7 Å². The van der Waals surface area contributed by atoms with Gasteiger partial charge in [-0.05, 0) is 42.0 Å². The summed E-state index contributed by atoms with van der Waals surface area (Å²) in [4.78, 5) is 2.61. The monoisotopic (exact) mass is 343 g/mol. The maximum absolute atomic E-state index is 5.14. The van der Waals surface area contributed by atoms with Crippen molar-refractivity contribution in [3.05, 3.63) is 38.3 Å². The van der Waals surface area contributed by atoms with Crippen molar-refractivity contribution in [2.24, 2.45) is 0 Å². The molecule has 0 aromatic carbocycles. The Bertz CT molecular complexity index is 538. The third-order valence-electron chi connectivity index (χ3n) is 2.95. The van der Waals surface area contributed by atoms with Crippen LogP contribution in [-0.2, 0) is 11.3 Å². The number of rotatable bonds is 6. The van der Waals surface area contributed by atoms with E-state index in [9.17, 15) is 0 Å². The molecular formula is C13H18BrN3OS. The summed E-state index contributed by atoms with van der Waals surface area (Å²) in [6, 6.07) is 4.46. The van der Waals surface area contributed by atoms with Crippen molar-refractivity contribution >= 4 is 27.3 Å². The minimum Gasteiger partial charge on any atom is -0.383 e. The van der Waals surface area contributed by atoms with Crippen LogP contribution in [0.2, 0.25) is 0 Å². The van der Waals surface area contributed by atoms with Gasteiger partial charge in [0.1, 0.15) is 0 Å². The molecule has 0 radical (unpaired) electrons. The summed E-state index contributed by atoms with van der Waals surface area (Å²) in [6.45, 7) is 3.53. The van der Waals surface area contributed by atoms with Gasteiger partial charge in [0.2, 0.25) is 0 Å². The fraction of sp³-hybridized carbons (Fsp3) is 0.462. The molecule has 19 heavy (non-hydrogen) atoms. The number of halogens is 1. The number of hydrogen-bond donors (Lipinski definition) is 1. The predicted molar refractivity (Wildman–Crippen MR) is 81.8 cm³/mol. The lowest BCUT2D eigenvalue weighted by molar-refractivity contribution is 0.182. The summed E-state index contributed by atoms with van der Waals surface area (Å²) in [5, 5.41) is 7.78. The number of nitrogens with one attached hydrogen (secondary N) is 1. The van der Waals surface area contributed by atoms with E-state index >= 15 is 0 Å². The van der Waals surface area contributed by atoms with Gasteiger partial charge >= 0.3 is 0 Å². The third-order valence-corrected chi connectivity index (χ3v) is 4.62. The van der Waals surface area contributed by atoms with Crippen LogP contribution in [0.3, 0.4) is 0 Å². The minimum absolute atomic E-state index is 0.146. The SMILES string of the molecule is CNC(c1ccc(C)s1)c1c(Br)cnn1CCOC. The second-order valence-electron chi connectivity index (χ2n) is 4.26. The molecule has 0 amide bonds. The van der Waals surface area contributed by atoms with Gasteiger partial charge in [-0.3, -0.25) is 4.68 Å². The second kappa shape index (κ2) is 6.65. The van der Waals surface area contributed by atoms with Crippen molar-refractivity contribution in [3.8, 4) is 0 Å². The van der Waals surface area contributed by atoms with Gasteiger partial charge in [-0.15, -0.1) is 11.3 Å². The van der Waals surface area contributed by atoms with E-state index in [1.807, 2.05) is 17.9 Å². The van der Waals surface area contributed by atoms with E-state index in [2.05, 4.69) is 45.4 Å². The van der Waals surface area contributed by atoms with E-state index in [0.29, 0.717) is 6.61 Å². The average Bonchev–Trinajstić information content (AvgIpc) is 2.97. The summed E-state index contributed by atoms with van der Waals surface area (Å²) in [6.07, 6.45) is 1.84. The normalized spacial score (nSPS) is 12.8. The lowest BCUT2D eigenvalue weighted by atomic mass is 10.1. The van der Waals surface area contributed by atoms with E-state index in [4.69, 9.17) is 4.74 Å². The molecule has 6 heteroatoms. The van der Waals surface area contributed by atoms with Crippen LogP contribution in [0.15, 0.2) is 22.8 Å². The van der Waals surface area contributed by atoms with Gasteiger partial charge in [0, 0.05) is 16.9 Å². The molecule has 2 heterocycles. The van der Waals surface area contributed by atoms with Gasteiger partial charge in [-0.2, -0.15) is 5.10 Å². The number of aryl methyl sites for hydroxylation is 1. The van der Waals surface area contributed by atoms with Crippen molar-refractivity contribution in [1.82, 2.24) is 15.1 Å². The minimum atomic E-state index is 0.146. The standard InChI is InChI=1S/C13H18BrN3OS/c1-9-4-5-11(19-9)12(15-2)13-10(14)8-16-17(13)6-7-18-3/h4-5,8,12,15H,6-7H2,1-3H3. The van der Waals surface area contributed by atoms with Crippen LogP contribution < -0.4 is 5.32 Å². The van der Waals surface area contributed by atoms with Gasteiger partial charge in [0.05, 0.1) is 35.6 Å². The van der Waals surface area contributed by atoms with Crippen molar-refractivity contribution in [2.45, 2.75) is 19.5 Å². The maximum atomic E-state index is 5.14. The van der Waals surface area contributed by atoms with Crippen LogP contribution in [-0.4, -0.2) is 30.5 Å². The highest BCUT2D eigenvalue weighted by atomic mass is 79.9. The van der Waals surface area contributed by atoms with Crippen LogP contribution in [0.5, 0.6) is 0 Å². The zero-order valence-electron chi connectivity index (χ0n) is 11.3. The molecule has 0 aliphatic carbocycles. The van der Waals surface area contributed by atoms with Gasteiger partial charge < -0.3 is 10.1 Å². The Hall–Kier alpha value is -0.690. The first-order valence-electron chi connectivity index (χ1n) is 6.11. The number of nitrogens with zero attached hydrogens (tertiary/aromatic N) is 2. The van der Waals surface area contributed by atoms with Crippen LogP contribution in [0, 0.1) is 6.92 Å². The Morgan fingerprint density at radius 1 is 1.53 bits per heavy atom. The van der Waals surface area contributed by atoms with Gasteiger partial charge in [0.25, 0.3) is 0 Å². The molecule has 2 rings (SSSR count). The van der Waals surface area contributed by atoms with E-state index in [-0.39, 0.29) is 6.04 Å². The molecule has 104 valence electrons. The molecule has 0 saturated carbocycles. The number of methoxy groups -OCH3 is 1. The molecule has 0 aliphatic heterocycles. The molecule has 1 unspecified atom stereocenters. The zero-order chi connectivity index (χ0) is 13.8. The van der Waals surface area contributed by atoms with Crippen LogP contribution >= 0.6 is 27.3 Å². The smallest absolute Gasteiger partial charge is 0.0851 e. The van der Waals surface area contributed by atoms with Gasteiger partial charge in [0.15, 0.2) is 0 Å². The Labute approximate surface area is 125 Å². The summed E-state index contributed by atoms with van der Waals surface area (Å²) in [5.74, 6) is 0. The van der Waals surface area contributed by atoms with Crippen molar-refractivity contribution in [2.75, 3.05) is 20.8 Å². The summed E-state index contributed by atoms with van der Waals surface area (Å²) < 4.78 is 8.15. The number of hydrogen-bond acceptors (Lipinski definition) is 4. The molecule has 1 N–H and O–H groups in total. The fourth-order valence-electron chi connectivity index (χ4n) is 2.04.